The summed E-state index contributed by atoms with van der Waals surface area (Å²) >= 11 is 1.32. The highest BCUT2D eigenvalue weighted by molar-refractivity contribution is 7.92. The van der Waals surface area contributed by atoms with Crippen LogP contribution in [0.1, 0.15) is 26.5 Å². The van der Waals surface area contributed by atoms with Crippen molar-refractivity contribution in [3.63, 3.8) is 0 Å². The molecule has 0 saturated heterocycles. The van der Waals surface area contributed by atoms with Gasteiger partial charge in [-0.3, -0.25) is 0 Å². The van der Waals surface area contributed by atoms with E-state index in [4.69, 9.17) is 0 Å². The second-order valence-corrected chi connectivity index (χ2v) is 7.54. The first-order valence-corrected chi connectivity index (χ1v) is 8.10. The number of nitrogens with one attached hydrogen (secondary N) is 1. The lowest BCUT2D eigenvalue weighted by molar-refractivity contribution is 0.567. The van der Waals surface area contributed by atoms with Gasteiger partial charge in [0.05, 0.1) is 10.6 Å². The smallest absolute Gasteiger partial charge is 0.247 e. The number of anilines is 1. The van der Waals surface area contributed by atoms with Crippen molar-refractivity contribution in [2.24, 2.45) is 0 Å². The fraction of sp³-hybridized carbons (Fsp3) is 0.333. The third kappa shape index (κ3) is 3.30. The van der Waals surface area contributed by atoms with Crippen molar-refractivity contribution in [3.05, 3.63) is 34.8 Å². The number of aromatic nitrogens is 2. The zero-order valence-corrected chi connectivity index (χ0v) is 12.5. The zero-order valence-electron chi connectivity index (χ0n) is 10.9. The van der Waals surface area contributed by atoms with Crippen molar-refractivity contribution in [2.45, 2.75) is 31.1 Å². The maximum absolute atomic E-state index is 12.0. The Kier molecular flexibility index (Phi) is 3.60. The van der Waals surface area contributed by atoms with E-state index in [0.29, 0.717) is 0 Å². The predicted octanol–water partition coefficient (Wildman–Crippen LogP) is 2.64. The maximum atomic E-state index is 12.0. The predicted molar refractivity (Wildman–Crippen MR) is 75.9 cm³/mol. The number of sulfonamides is 1. The second kappa shape index (κ2) is 4.90. The Morgan fingerprint density at radius 3 is 2.58 bits per heavy atom. The molecule has 0 atom stereocenters. The molecule has 0 radical (unpaired) electrons. The van der Waals surface area contributed by atoms with Crippen molar-refractivity contribution in [1.29, 1.82) is 0 Å². The van der Waals surface area contributed by atoms with Crippen LogP contribution >= 0.6 is 11.3 Å². The Bertz CT molecular complexity index is 659. The van der Waals surface area contributed by atoms with Crippen LogP contribution in [0.25, 0.3) is 0 Å². The lowest BCUT2D eigenvalue weighted by Crippen LogP contribution is -2.18. The Labute approximate surface area is 116 Å². The SMILES string of the molecule is CC(C)(C)c1ccnc(NS(=O)(=O)c2ccsc2)n1. The number of hydrogen-bond acceptors (Lipinski definition) is 5. The average molecular weight is 297 g/mol. The van der Waals surface area contributed by atoms with Crippen LogP contribution in [0.4, 0.5) is 5.95 Å². The zero-order chi connectivity index (χ0) is 14.1. The van der Waals surface area contributed by atoms with E-state index in [1.165, 1.54) is 11.3 Å². The minimum atomic E-state index is -3.60. The quantitative estimate of drug-likeness (QED) is 0.945. The molecule has 0 fully saturated rings. The first kappa shape index (κ1) is 14.0. The summed E-state index contributed by atoms with van der Waals surface area (Å²) in [6, 6.07) is 3.32. The highest BCUT2D eigenvalue weighted by atomic mass is 32.2. The van der Waals surface area contributed by atoms with Crippen LogP contribution in [0, 0.1) is 0 Å². The Hall–Kier alpha value is -1.47. The molecule has 19 heavy (non-hydrogen) atoms. The lowest BCUT2D eigenvalue weighted by atomic mass is 9.92. The summed E-state index contributed by atoms with van der Waals surface area (Å²) in [5.74, 6) is 0.0959. The van der Waals surface area contributed by atoms with E-state index in [9.17, 15) is 8.42 Å². The molecule has 0 aliphatic rings. The largest absolute Gasteiger partial charge is 0.265 e. The minimum Gasteiger partial charge on any atom is -0.247 e. The molecule has 2 rings (SSSR count). The molecule has 0 saturated carbocycles. The molecule has 5 nitrogen and oxygen atoms in total. The van der Waals surface area contributed by atoms with Gasteiger partial charge in [-0.1, -0.05) is 20.8 Å². The molecule has 102 valence electrons. The van der Waals surface area contributed by atoms with Crippen molar-refractivity contribution < 1.29 is 8.42 Å². The second-order valence-electron chi connectivity index (χ2n) is 5.08. The van der Waals surface area contributed by atoms with Gasteiger partial charge >= 0.3 is 0 Å². The molecular weight excluding hydrogens is 282 g/mol. The summed E-state index contributed by atoms with van der Waals surface area (Å²) in [5.41, 5.74) is 0.622. The van der Waals surface area contributed by atoms with Crippen LogP contribution in [0.15, 0.2) is 34.0 Å². The molecule has 7 heteroatoms. The van der Waals surface area contributed by atoms with Crippen LogP contribution in [0.3, 0.4) is 0 Å². The summed E-state index contributed by atoms with van der Waals surface area (Å²) in [7, 11) is -3.60. The highest BCUT2D eigenvalue weighted by Crippen LogP contribution is 2.21. The summed E-state index contributed by atoms with van der Waals surface area (Å²) < 4.78 is 26.5. The van der Waals surface area contributed by atoms with Gasteiger partial charge in [0.2, 0.25) is 5.95 Å². The number of hydrogen-bond donors (Lipinski definition) is 1. The molecule has 1 N–H and O–H groups in total. The van der Waals surface area contributed by atoms with Gasteiger partial charge in [-0.05, 0) is 17.5 Å². The van der Waals surface area contributed by atoms with E-state index < -0.39 is 10.0 Å². The van der Waals surface area contributed by atoms with Gasteiger partial charge in [-0.25, -0.2) is 23.1 Å². The summed E-state index contributed by atoms with van der Waals surface area (Å²) in [6.07, 6.45) is 1.55. The van der Waals surface area contributed by atoms with Crippen LogP contribution in [-0.4, -0.2) is 18.4 Å². The van der Waals surface area contributed by atoms with Gasteiger partial charge < -0.3 is 0 Å². The molecule has 0 aromatic carbocycles. The Balaban J connectivity index is 2.30. The first-order valence-electron chi connectivity index (χ1n) is 5.67. The van der Waals surface area contributed by atoms with Gasteiger partial charge in [0.25, 0.3) is 10.0 Å². The maximum Gasteiger partial charge on any atom is 0.265 e. The molecule has 0 unspecified atom stereocenters. The van der Waals surface area contributed by atoms with Crippen molar-refractivity contribution >= 4 is 27.3 Å². The topological polar surface area (TPSA) is 72.0 Å². The summed E-state index contributed by atoms with van der Waals surface area (Å²) in [4.78, 5) is 8.42. The van der Waals surface area contributed by atoms with Crippen LogP contribution in [0.5, 0.6) is 0 Å². The molecule has 2 aromatic heterocycles. The van der Waals surface area contributed by atoms with E-state index in [0.717, 1.165) is 5.69 Å². The summed E-state index contributed by atoms with van der Waals surface area (Å²) in [6.45, 7) is 6.02. The third-order valence-electron chi connectivity index (χ3n) is 2.46. The first-order chi connectivity index (χ1) is 8.79. The molecule has 0 amide bonds. The Morgan fingerprint density at radius 2 is 2.00 bits per heavy atom. The lowest BCUT2D eigenvalue weighted by Gasteiger charge is -2.17. The van der Waals surface area contributed by atoms with Crippen LogP contribution in [0.2, 0.25) is 0 Å². The standard InChI is InChI=1S/C12H15N3O2S2/c1-12(2,3)10-4-6-13-11(14-10)15-19(16,17)9-5-7-18-8-9/h4-8H,1-3H3,(H,13,14,15). The highest BCUT2D eigenvalue weighted by Gasteiger charge is 2.19. The Morgan fingerprint density at radius 1 is 1.26 bits per heavy atom. The molecule has 0 spiro atoms. The molecule has 2 aromatic rings. The number of nitrogens with zero attached hydrogens (tertiary/aromatic N) is 2. The van der Waals surface area contributed by atoms with E-state index in [2.05, 4.69) is 14.7 Å². The van der Waals surface area contributed by atoms with Gasteiger partial charge in [-0.2, -0.15) is 11.3 Å². The molecule has 0 aliphatic carbocycles. The van der Waals surface area contributed by atoms with Gasteiger partial charge in [0, 0.05) is 17.0 Å². The van der Waals surface area contributed by atoms with Crippen LogP contribution in [-0.2, 0) is 15.4 Å². The fourth-order valence-corrected chi connectivity index (χ4v) is 3.39. The molecule has 0 aliphatic heterocycles. The average Bonchev–Trinajstić information content (AvgIpc) is 2.81. The normalized spacial score (nSPS) is 12.4. The van der Waals surface area contributed by atoms with Gasteiger partial charge in [0.1, 0.15) is 0 Å². The van der Waals surface area contributed by atoms with E-state index in [1.807, 2.05) is 20.8 Å². The monoisotopic (exact) mass is 297 g/mol. The molecular formula is C12H15N3O2S2. The van der Waals surface area contributed by atoms with E-state index in [-0.39, 0.29) is 16.3 Å². The van der Waals surface area contributed by atoms with Crippen molar-refractivity contribution in [1.82, 2.24) is 9.97 Å². The molecule has 0 bridgehead atoms. The van der Waals surface area contributed by atoms with Gasteiger partial charge in [-0.15, -0.1) is 0 Å². The van der Waals surface area contributed by atoms with Crippen LogP contribution < -0.4 is 4.72 Å². The van der Waals surface area contributed by atoms with Gasteiger partial charge in [0.15, 0.2) is 0 Å². The third-order valence-corrected chi connectivity index (χ3v) is 4.61. The number of thiophene rings is 1. The van der Waals surface area contributed by atoms with E-state index in [1.54, 1.807) is 29.1 Å². The fourth-order valence-electron chi connectivity index (χ4n) is 1.41. The van der Waals surface area contributed by atoms with E-state index >= 15 is 0 Å². The molecule has 2 heterocycles. The van der Waals surface area contributed by atoms with Crippen molar-refractivity contribution in [2.75, 3.05) is 4.72 Å². The minimum absolute atomic E-state index is 0.0959. The summed E-state index contributed by atoms with van der Waals surface area (Å²) in [5, 5.41) is 3.27. The van der Waals surface area contributed by atoms with Crippen molar-refractivity contribution in [3.8, 4) is 0 Å². The number of rotatable bonds is 3.